The molecular formula is C67H77ClFNO27S4. The van der Waals surface area contributed by atoms with Crippen LogP contribution in [0.25, 0.3) is 11.3 Å². The van der Waals surface area contributed by atoms with E-state index in [2.05, 4.69) is 19.2 Å². The number of nitrogens with zero attached hydrogens (tertiary/aromatic N) is 1. The van der Waals surface area contributed by atoms with Crippen LogP contribution < -0.4 is 47.4 Å². The number of benzene rings is 6. The fourth-order valence-electron chi connectivity index (χ4n) is 7.89. The van der Waals surface area contributed by atoms with Gasteiger partial charge in [0.2, 0.25) is 0 Å². The van der Waals surface area contributed by atoms with Crippen LogP contribution in [0.2, 0.25) is 5.02 Å². The minimum Gasteiger partial charge on any atom is -0.504 e. The predicted octanol–water partition coefficient (Wildman–Crippen LogP) is 9.82. The van der Waals surface area contributed by atoms with Crippen molar-refractivity contribution < 1.29 is 131 Å². The molecule has 0 saturated heterocycles. The van der Waals surface area contributed by atoms with Gasteiger partial charge in [-0.3, -0.25) is 4.79 Å². The monoisotopic (exact) mass is 1510 g/mol. The second-order valence-electron chi connectivity index (χ2n) is 20.8. The number of phenolic OH excluding ortho intramolecular Hbond substituents is 1. The molecule has 1 atom stereocenters. The molecule has 0 spiro atoms. The zero-order chi connectivity index (χ0) is 76.0. The molecule has 550 valence electrons. The number of hydrogen-bond donors (Lipinski definition) is 3. The summed E-state index contributed by atoms with van der Waals surface area (Å²) in [5, 5.41) is 29.1. The second kappa shape index (κ2) is 40.5. The zero-order valence-electron chi connectivity index (χ0n) is 57.3. The number of aliphatic hydroxyl groups is 1. The van der Waals surface area contributed by atoms with Crippen LogP contribution in [0.5, 0.6) is 63.2 Å². The standard InChI is InChI=1S/C26H27ClFNO7S.C11H14O6S.C11H14O4S.C10H12O6S.C9H10O4/c1-26(31,24-10-9-22(34-2)25(29-24)17-5-7-19(28)18(27)13-17)12-11-20(30)16-6-8-21(23(14-16)35-3)36-15-37(4,32)33;1-15-10-6-8(11(12)16-2)4-5-9(10)17-7-18(3,13)14;1-13-10-6-8(11(12)14-2)4-5-9(10)15-7-16-3;1-15-9-5-7(10(11)12)3-4-8(9)16-6-17(2,13)14;1-12-8-5-6(9(11)13-2)3-4-7(8)10/h5-10,13-14,31H,11-12,15H2,1-4H3;4-6H,7H2,1-3H3;4-6H,7H2,1-3H3;3-5H,6H2,1-2H3,(H,11,12);3-5,10H,1-2H3. The van der Waals surface area contributed by atoms with Crippen molar-refractivity contribution in [3.63, 3.8) is 0 Å². The van der Waals surface area contributed by atoms with Gasteiger partial charge in [-0.1, -0.05) is 11.6 Å². The lowest BCUT2D eigenvalue weighted by Gasteiger charge is -2.24. The Bertz CT molecular complexity index is 4350. The summed E-state index contributed by atoms with van der Waals surface area (Å²) in [6.07, 6.45) is 5.09. The number of ketones is 1. The molecule has 0 aliphatic carbocycles. The Balaban J connectivity index is 0.000000351. The van der Waals surface area contributed by atoms with Gasteiger partial charge in [-0.2, -0.15) is 0 Å². The summed E-state index contributed by atoms with van der Waals surface area (Å²) in [4.78, 5) is 61.7. The molecule has 0 fully saturated rings. The molecule has 1 aromatic heterocycles. The summed E-state index contributed by atoms with van der Waals surface area (Å²) < 4.78 is 145. The van der Waals surface area contributed by atoms with Crippen molar-refractivity contribution in [3.05, 3.63) is 166 Å². The first kappa shape index (κ1) is 85.4. The quantitative estimate of drug-likeness (QED) is 0.0178. The van der Waals surface area contributed by atoms with Crippen LogP contribution in [-0.4, -0.2) is 188 Å². The lowest BCUT2D eigenvalue weighted by molar-refractivity contribution is 0.0397. The van der Waals surface area contributed by atoms with Gasteiger partial charge in [-0.15, -0.1) is 11.8 Å². The summed E-state index contributed by atoms with van der Waals surface area (Å²) in [7, 11) is 2.54. The number of aromatic hydroxyl groups is 1. The molecule has 6 aromatic carbocycles. The first-order valence-electron chi connectivity index (χ1n) is 28.8. The van der Waals surface area contributed by atoms with Crippen LogP contribution in [0.15, 0.2) is 121 Å². The number of sulfone groups is 3. The third kappa shape index (κ3) is 28.4. The highest BCUT2D eigenvalue weighted by Gasteiger charge is 2.28. The number of hydrogen-bond acceptors (Lipinski definition) is 28. The van der Waals surface area contributed by atoms with Crippen LogP contribution in [-0.2, 0) is 49.3 Å². The molecule has 0 saturated carbocycles. The molecule has 0 aliphatic rings. The van der Waals surface area contributed by atoms with E-state index in [1.54, 1.807) is 49.0 Å². The second-order valence-corrected chi connectivity index (χ2v) is 28.3. The van der Waals surface area contributed by atoms with Crippen molar-refractivity contribution >= 4 is 82.5 Å². The highest BCUT2D eigenvalue weighted by molar-refractivity contribution is 7.98. The topological polar surface area (TPSA) is 381 Å². The Kier molecular flexibility index (Phi) is 34.2. The van der Waals surface area contributed by atoms with E-state index in [-0.39, 0.29) is 75.2 Å². The molecule has 101 heavy (non-hydrogen) atoms. The number of ether oxygens (including phenoxy) is 13. The Labute approximate surface area is 593 Å². The van der Waals surface area contributed by atoms with E-state index in [4.69, 9.17) is 64.1 Å². The number of pyridine rings is 1. The maximum atomic E-state index is 13.6. The fraction of sp³-hybridized carbons (Fsp3) is 0.313. The fourth-order valence-corrected chi connectivity index (χ4v) is 9.34. The number of esters is 3. The Morgan fingerprint density at radius 3 is 1.22 bits per heavy atom. The number of Topliss-reactive ketones (excluding diaryl/α,β-unsaturated/α-hetero) is 1. The number of carboxylic acid groups (broad SMARTS) is 1. The van der Waals surface area contributed by atoms with E-state index < -0.39 is 82.6 Å². The van der Waals surface area contributed by atoms with Crippen molar-refractivity contribution in [2.75, 3.05) is 113 Å². The average Bonchev–Trinajstić information content (AvgIpc) is 0.800. The summed E-state index contributed by atoms with van der Waals surface area (Å²) >= 11 is 7.49. The summed E-state index contributed by atoms with van der Waals surface area (Å²) in [6.45, 7) is 1.54. The molecule has 7 aromatic rings. The van der Waals surface area contributed by atoms with E-state index >= 15 is 0 Å². The highest BCUT2D eigenvalue weighted by atomic mass is 35.5. The number of rotatable bonds is 28. The molecule has 0 aliphatic heterocycles. The number of phenols is 1. The third-order valence-corrected chi connectivity index (χ3v) is 15.2. The highest BCUT2D eigenvalue weighted by Crippen LogP contribution is 2.37. The smallest absolute Gasteiger partial charge is 0.337 e. The van der Waals surface area contributed by atoms with Crippen LogP contribution in [0.4, 0.5) is 4.39 Å². The molecule has 1 unspecified atom stereocenters. The van der Waals surface area contributed by atoms with Crippen LogP contribution in [0.3, 0.4) is 0 Å². The van der Waals surface area contributed by atoms with Gasteiger partial charge in [-0.05, 0) is 141 Å². The lowest BCUT2D eigenvalue weighted by atomic mass is 9.92. The van der Waals surface area contributed by atoms with Gasteiger partial charge in [0.05, 0.1) is 97.0 Å². The minimum atomic E-state index is -3.36. The largest absolute Gasteiger partial charge is 0.504 e. The predicted molar refractivity (Wildman–Crippen MR) is 372 cm³/mol. The summed E-state index contributed by atoms with van der Waals surface area (Å²) in [6, 6.07) is 29.2. The molecule has 7 rings (SSSR count). The number of methoxy groups -OCH3 is 9. The molecule has 0 radical (unpaired) electrons. The third-order valence-electron chi connectivity index (χ3n) is 12.9. The van der Waals surface area contributed by atoms with Crippen molar-refractivity contribution in [2.24, 2.45) is 0 Å². The molecular weight excluding hydrogens is 1430 g/mol. The molecule has 0 amide bonds. The number of aromatic carboxylic acids is 1. The molecule has 34 heteroatoms. The van der Waals surface area contributed by atoms with Gasteiger partial charge >= 0.3 is 23.9 Å². The first-order chi connectivity index (χ1) is 47.4. The molecule has 3 N–H and O–H groups in total. The lowest BCUT2D eigenvalue weighted by Crippen LogP contribution is -2.24. The van der Waals surface area contributed by atoms with Gasteiger partial charge in [0, 0.05) is 36.3 Å². The number of aromatic nitrogens is 1. The molecule has 1 heterocycles. The van der Waals surface area contributed by atoms with E-state index in [1.807, 2.05) is 6.26 Å². The number of carboxylic acids is 1. The Morgan fingerprint density at radius 1 is 0.485 bits per heavy atom. The van der Waals surface area contributed by atoms with Crippen LogP contribution >= 0.6 is 23.4 Å². The average molecular weight is 1510 g/mol. The van der Waals surface area contributed by atoms with Gasteiger partial charge in [0.25, 0.3) is 0 Å². The maximum Gasteiger partial charge on any atom is 0.337 e. The van der Waals surface area contributed by atoms with Gasteiger partial charge in [0.1, 0.15) is 28.8 Å². The normalized spacial score (nSPS) is 11.3. The van der Waals surface area contributed by atoms with Gasteiger partial charge in [-0.25, -0.2) is 53.8 Å². The first-order valence-corrected chi connectivity index (χ1v) is 36.8. The van der Waals surface area contributed by atoms with E-state index in [9.17, 15) is 63.8 Å². The van der Waals surface area contributed by atoms with Crippen molar-refractivity contribution in [3.8, 4) is 74.5 Å². The van der Waals surface area contributed by atoms with Crippen LogP contribution in [0.1, 0.15) is 77.2 Å². The van der Waals surface area contributed by atoms with Crippen molar-refractivity contribution in [2.45, 2.75) is 25.4 Å². The molecule has 28 nitrogen and oxygen atoms in total. The minimum absolute atomic E-state index is 0.00449. The maximum absolute atomic E-state index is 13.6. The van der Waals surface area contributed by atoms with Crippen LogP contribution in [0, 0.1) is 5.82 Å². The SMILES string of the molecule is COC(=O)c1ccc(O)c(OC)c1.COC(=O)c1ccc(OCS(C)(=O)=O)c(OC)c1.COC(=O)c1ccc(OCSC)c(OC)c1.COc1cc(C(=O)CCC(C)(O)c2ccc(OC)c(-c3ccc(F)c(Cl)c3)n2)ccc1OCS(C)(=O)=O.COc1cc(C(=O)O)ccc1OCS(C)(=O)=O. The van der Waals surface area contributed by atoms with Gasteiger partial charge in [0.15, 0.2) is 111 Å². The van der Waals surface area contributed by atoms with Gasteiger partial charge < -0.3 is 76.9 Å². The summed E-state index contributed by atoms with van der Waals surface area (Å²) in [5.74, 6) is -1.19. The number of carbonyl (C=O) groups excluding carboxylic acids is 4. The zero-order valence-corrected chi connectivity index (χ0v) is 61.3. The Morgan fingerprint density at radius 2 is 0.842 bits per heavy atom. The van der Waals surface area contributed by atoms with E-state index in [0.717, 1.165) is 18.8 Å². The number of halogens is 2. The number of thioether (sulfide) groups is 1. The van der Waals surface area contributed by atoms with E-state index in [0.29, 0.717) is 62.4 Å². The number of carbonyl (C=O) groups is 5. The Hall–Kier alpha value is -9.80. The molecule has 0 bridgehead atoms. The van der Waals surface area contributed by atoms with Crippen molar-refractivity contribution in [1.29, 1.82) is 0 Å². The van der Waals surface area contributed by atoms with E-state index in [1.165, 1.54) is 155 Å². The van der Waals surface area contributed by atoms with Crippen molar-refractivity contribution in [1.82, 2.24) is 4.98 Å². The summed E-state index contributed by atoms with van der Waals surface area (Å²) in [5.41, 5.74) is 1.10.